The van der Waals surface area contributed by atoms with Gasteiger partial charge in [0.1, 0.15) is 0 Å². The van der Waals surface area contributed by atoms with Gasteiger partial charge in [-0.2, -0.15) is 0 Å². The molecule has 3 rings (SSSR count). The molecule has 1 aliphatic rings. The number of fused-ring (bicyclic) bond motifs is 1. The molecule has 0 amide bonds. The van der Waals surface area contributed by atoms with Crippen LogP contribution >= 0.6 is 0 Å². The first kappa shape index (κ1) is 14.5. The molecule has 0 radical (unpaired) electrons. The van der Waals surface area contributed by atoms with E-state index < -0.39 is 0 Å². The molecule has 2 unspecified atom stereocenters. The van der Waals surface area contributed by atoms with Gasteiger partial charge in [-0.1, -0.05) is 31.2 Å². The lowest BCUT2D eigenvalue weighted by molar-refractivity contribution is 0.0947. The summed E-state index contributed by atoms with van der Waals surface area (Å²) >= 11 is 0. The lowest BCUT2D eigenvalue weighted by Crippen LogP contribution is -2.34. The van der Waals surface area contributed by atoms with Crippen LogP contribution < -0.4 is 5.32 Å². The molecule has 3 heteroatoms. The highest BCUT2D eigenvalue weighted by Gasteiger charge is 2.20. The maximum Gasteiger partial charge on any atom is 0.0705 e. The van der Waals surface area contributed by atoms with Gasteiger partial charge in [0, 0.05) is 30.1 Å². The quantitative estimate of drug-likeness (QED) is 0.883. The number of hydrogen-bond donors (Lipinski definition) is 1. The maximum absolute atomic E-state index is 5.78. The number of rotatable bonds is 6. The van der Waals surface area contributed by atoms with E-state index in [0.29, 0.717) is 12.1 Å². The molecule has 0 saturated carbocycles. The average molecular weight is 284 g/mol. The average Bonchev–Trinajstić information content (AvgIpc) is 3.00. The third kappa shape index (κ3) is 3.80. The molecule has 112 valence electrons. The fourth-order valence-corrected chi connectivity index (χ4v) is 3.15. The van der Waals surface area contributed by atoms with Crippen molar-refractivity contribution in [3.63, 3.8) is 0 Å². The molecule has 0 bridgehead atoms. The van der Waals surface area contributed by atoms with Crippen molar-refractivity contribution in [3.8, 4) is 0 Å². The molecule has 2 aromatic rings. The highest BCUT2D eigenvalue weighted by atomic mass is 16.5. The van der Waals surface area contributed by atoms with Crippen LogP contribution in [0.5, 0.6) is 0 Å². The molecule has 1 fully saturated rings. The number of hydrogen-bond acceptors (Lipinski definition) is 3. The summed E-state index contributed by atoms with van der Waals surface area (Å²) in [6.07, 6.45) is 4.89. The van der Waals surface area contributed by atoms with Gasteiger partial charge >= 0.3 is 0 Å². The predicted octanol–water partition coefficient (Wildman–Crippen LogP) is 3.32. The third-order valence-electron chi connectivity index (χ3n) is 4.18. The van der Waals surface area contributed by atoms with Crippen LogP contribution in [0.15, 0.2) is 36.4 Å². The van der Waals surface area contributed by atoms with E-state index in [2.05, 4.69) is 42.6 Å². The Balaban J connectivity index is 1.70. The van der Waals surface area contributed by atoms with Gasteiger partial charge in [-0.25, -0.2) is 0 Å². The lowest BCUT2D eigenvalue weighted by Gasteiger charge is -2.21. The molecule has 1 saturated heterocycles. The Morgan fingerprint density at radius 2 is 2.19 bits per heavy atom. The number of pyridine rings is 1. The Kier molecular flexibility index (Phi) is 4.84. The molecule has 0 aliphatic carbocycles. The van der Waals surface area contributed by atoms with Crippen molar-refractivity contribution in [1.82, 2.24) is 10.3 Å². The summed E-state index contributed by atoms with van der Waals surface area (Å²) in [6.45, 7) is 4.08. The minimum atomic E-state index is 0.425. The first-order chi connectivity index (χ1) is 10.3. The number of likely N-dealkylation sites (N-methyl/N-ethyl adjacent to an activating group) is 1. The third-order valence-corrected chi connectivity index (χ3v) is 4.18. The zero-order valence-electron chi connectivity index (χ0n) is 12.7. The zero-order chi connectivity index (χ0) is 14.5. The normalized spacial score (nSPS) is 20.0. The second-order valence-electron chi connectivity index (χ2n) is 5.82. The largest absolute Gasteiger partial charge is 0.378 e. The molecule has 2 atom stereocenters. The van der Waals surface area contributed by atoms with Crippen LogP contribution in [-0.2, 0) is 11.2 Å². The minimum Gasteiger partial charge on any atom is -0.378 e. The molecule has 1 N–H and O–H groups in total. The second-order valence-corrected chi connectivity index (χ2v) is 5.82. The van der Waals surface area contributed by atoms with Crippen LogP contribution in [0.4, 0.5) is 0 Å². The number of aromatic nitrogens is 1. The van der Waals surface area contributed by atoms with Crippen molar-refractivity contribution < 1.29 is 4.74 Å². The molecular formula is C18H24N2O. The first-order valence-corrected chi connectivity index (χ1v) is 8.05. The lowest BCUT2D eigenvalue weighted by atomic mass is 10.0. The van der Waals surface area contributed by atoms with Crippen molar-refractivity contribution in [3.05, 3.63) is 42.1 Å². The Labute approximate surface area is 126 Å². The fraction of sp³-hybridized carbons (Fsp3) is 0.500. The Morgan fingerprint density at radius 3 is 3.00 bits per heavy atom. The van der Waals surface area contributed by atoms with E-state index >= 15 is 0 Å². The highest BCUT2D eigenvalue weighted by Crippen LogP contribution is 2.19. The van der Waals surface area contributed by atoms with E-state index in [1.54, 1.807) is 0 Å². The monoisotopic (exact) mass is 284 g/mol. The number of benzene rings is 1. The van der Waals surface area contributed by atoms with Crippen LogP contribution in [-0.4, -0.2) is 30.3 Å². The standard InChI is InChI=1S/C18H24N2O/c1-2-19-16(13-17-7-5-11-21-17)12-15-10-9-14-6-3-4-8-18(14)20-15/h3-4,6,8-10,16-17,19H,2,5,7,11-13H2,1H3. The Bertz CT molecular complexity index is 578. The Hall–Kier alpha value is -1.45. The summed E-state index contributed by atoms with van der Waals surface area (Å²) in [5, 5.41) is 4.79. The molecule has 1 aliphatic heterocycles. The predicted molar refractivity (Wildman–Crippen MR) is 86.5 cm³/mol. The van der Waals surface area contributed by atoms with E-state index in [-0.39, 0.29) is 0 Å². The zero-order valence-corrected chi connectivity index (χ0v) is 12.7. The van der Waals surface area contributed by atoms with E-state index in [0.717, 1.165) is 37.2 Å². The molecule has 21 heavy (non-hydrogen) atoms. The van der Waals surface area contributed by atoms with E-state index in [1.807, 2.05) is 6.07 Å². The summed E-state index contributed by atoms with van der Waals surface area (Å²) in [5.41, 5.74) is 2.25. The summed E-state index contributed by atoms with van der Waals surface area (Å²) in [7, 11) is 0. The Morgan fingerprint density at radius 1 is 1.29 bits per heavy atom. The topological polar surface area (TPSA) is 34.2 Å². The van der Waals surface area contributed by atoms with E-state index in [9.17, 15) is 0 Å². The first-order valence-electron chi connectivity index (χ1n) is 8.05. The maximum atomic E-state index is 5.78. The van der Waals surface area contributed by atoms with E-state index in [1.165, 1.54) is 18.2 Å². The van der Waals surface area contributed by atoms with Gasteiger partial charge in [-0.05, 0) is 37.9 Å². The van der Waals surface area contributed by atoms with Crippen LogP contribution in [0.2, 0.25) is 0 Å². The summed E-state index contributed by atoms with van der Waals surface area (Å²) in [5.74, 6) is 0. The van der Waals surface area contributed by atoms with Gasteiger partial charge in [-0.3, -0.25) is 4.98 Å². The number of ether oxygens (including phenoxy) is 1. The van der Waals surface area contributed by atoms with Crippen molar-refractivity contribution in [2.45, 2.75) is 44.8 Å². The van der Waals surface area contributed by atoms with Gasteiger partial charge < -0.3 is 10.1 Å². The minimum absolute atomic E-state index is 0.425. The molecule has 0 spiro atoms. The highest BCUT2D eigenvalue weighted by molar-refractivity contribution is 5.78. The van der Waals surface area contributed by atoms with Gasteiger partial charge in [-0.15, -0.1) is 0 Å². The van der Waals surface area contributed by atoms with Crippen molar-refractivity contribution in [2.75, 3.05) is 13.2 Å². The van der Waals surface area contributed by atoms with Crippen molar-refractivity contribution in [1.29, 1.82) is 0 Å². The molecule has 3 nitrogen and oxygen atoms in total. The van der Waals surface area contributed by atoms with E-state index in [4.69, 9.17) is 9.72 Å². The summed E-state index contributed by atoms with van der Waals surface area (Å²) in [6, 6.07) is 13.1. The number of nitrogens with one attached hydrogen (secondary N) is 1. The van der Waals surface area contributed by atoms with Crippen LogP contribution in [0.3, 0.4) is 0 Å². The number of para-hydroxylation sites is 1. The number of nitrogens with zero attached hydrogens (tertiary/aromatic N) is 1. The van der Waals surface area contributed by atoms with Gasteiger partial charge in [0.2, 0.25) is 0 Å². The SMILES string of the molecule is CCNC(Cc1ccc2ccccc2n1)CC1CCCO1. The van der Waals surface area contributed by atoms with Crippen molar-refractivity contribution in [2.24, 2.45) is 0 Å². The van der Waals surface area contributed by atoms with Gasteiger partial charge in [0.15, 0.2) is 0 Å². The smallest absolute Gasteiger partial charge is 0.0705 e. The fourth-order valence-electron chi connectivity index (χ4n) is 3.15. The van der Waals surface area contributed by atoms with Crippen LogP contribution in [0, 0.1) is 0 Å². The molecule has 1 aromatic carbocycles. The van der Waals surface area contributed by atoms with Crippen LogP contribution in [0.25, 0.3) is 10.9 Å². The summed E-state index contributed by atoms with van der Waals surface area (Å²) in [4.78, 5) is 4.79. The van der Waals surface area contributed by atoms with Gasteiger partial charge in [0.05, 0.1) is 11.6 Å². The van der Waals surface area contributed by atoms with Crippen molar-refractivity contribution >= 4 is 10.9 Å². The molecule has 2 heterocycles. The van der Waals surface area contributed by atoms with Crippen LogP contribution in [0.1, 0.15) is 31.9 Å². The van der Waals surface area contributed by atoms with Gasteiger partial charge in [0.25, 0.3) is 0 Å². The molecule has 1 aromatic heterocycles. The molecular weight excluding hydrogens is 260 g/mol. The second kappa shape index (κ2) is 7.01. The summed E-state index contributed by atoms with van der Waals surface area (Å²) < 4.78 is 5.78.